The van der Waals surface area contributed by atoms with E-state index < -0.39 is 97.5 Å². The van der Waals surface area contributed by atoms with Crippen LogP contribution in [-0.2, 0) is 65.4 Å². The first-order valence-corrected chi connectivity index (χ1v) is 45.7. The van der Waals surface area contributed by atoms with Gasteiger partial charge >= 0.3 is 39.5 Å². The van der Waals surface area contributed by atoms with Crippen LogP contribution in [0, 0.1) is 0 Å². The van der Waals surface area contributed by atoms with Crippen LogP contribution >= 0.6 is 15.6 Å². The van der Waals surface area contributed by atoms with E-state index in [-0.39, 0.29) is 25.7 Å². The molecule has 0 amide bonds. The zero-order chi connectivity index (χ0) is 81.7. The molecule has 0 aromatic rings. The molecule has 0 heterocycles. The molecule has 17 nitrogen and oxygen atoms in total. The number of esters is 4. The van der Waals surface area contributed by atoms with Crippen molar-refractivity contribution in [2.75, 3.05) is 39.6 Å². The molecule has 0 bridgehead atoms. The third-order valence-electron chi connectivity index (χ3n) is 17.0. The van der Waals surface area contributed by atoms with Gasteiger partial charge in [0.2, 0.25) is 0 Å². The van der Waals surface area contributed by atoms with Crippen LogP contribution in [0.4, 0.5) is 0 Å². The van der Waals surface area contributed by atoms with Crippen molar-refractivity contribution < 1.29 is 80.2 Å². The number of hydrogen-bond donors (Lipinski definition) is 3. The van der Waals surface area contributed by atoms with E-state index in [1.54, 1.807) is 0 Å². The molecule has 3 N–H and O–H groups in total. The minimum atomic E-state index is -5.01. The van der Waals surface area contributed by atoms with Gasteiger partial charge in [-0.2, -0.15) is 0 Å². The Morgan fingerprint density at radius 1 is 0.259 bits per heavy atom. The maximum absolute atomic E-state index is 13.1. The van der Waals surface area contributed by atoms with Crippen LogP contribution in [0.15, 0.2) is 194 Å². The molecule has 5 unspecified atom stereocenters. The molecule has 5 atom stereocenters. The zero-order valence-electron chi connectivity index (χ0n) is 69.5. The van der Waals surface area contributed by atoms with Gasteiger partial charge in [0, 0.05) is 25.7 Å². The molecule has 0 radical (unpaired) electrons. The second-order valence-corrected chi connectivity index (χ2v) is 30.5. The van der Waals surface area contributed by atoms with Crippen molar-refractivity contribution >= 4 is 39.5 Å². The Kier molecular flexibility index (Phi) is 78.4. The van der Waals surface area contributed by atoms with Crippen molar-refractivity contribution in [2.45, 2.75) is 329 Å². The largest absolute Gasteiger partial charge is 0.472 e. The quantitative estimate of drug-likeness (QED) is 0.0169. The van der Waals surface area contributed by atoms with Gasteiger partial charge in [-0.25, -0.2) is 9.13 Å². The van der Waals surface area contributed by atoms with Crippen molar-refractivity contribution in [1.29, 1.82) is 0 Å². The molecular formula is C93H150O17P2. The van der Waals surface area contributed by atoms with Gasteiger partial charge in [-0.1, -0.05) is 293 Å². The first-order valence-electron chi connectivity index (χ1n) is 42.7. The number of carbonyl (C=O) groups is 4. The average Bonchev–Trinajstić information content (AvgIpc) is 0.898. The van der Waals surface area contributed by atoms with Gasteiger partial charge in [0.1, 0.15) is 19.3 Å². The highest BCUT2D eigenvalue weighted by molar-refractivity contribution is 7.47. The van der Waals surface area contributed by atoms with Crippen molar-refractivity contribution in [3.63, 3.8) is 0 Å². The lowest BCUT2D eigenvalue weighted by molar-refractivity contribution is -0.161. The zero-order valence-corrected chi connectivity index (χ0v) is 71.3. The van der Waals surface area contributed by atoms with E-state index in [0.29, 0.717) is 25.7 Å². The summed E-state index contributed by atoms with van der Waals surface area (Å²) in [5.74, 6) is -2.31. The maximum atomic E-state index is 13.1. The van der Waals surface area contributed by atoms with E-state index in [1.807, 2.05) is 0 Å². The van der Waals surface area contributed by atoms with Crippen molar-refractivity contribution in [1.82, 2.24) is 0 Å². The third-order valence-corrected chi connectivity index (χ3v) is 18.9. The second-order valence-electron chi connectivity index (χ2n) is 27.6. The van der Waals surface area contributed by atoms with E-state index in [2.05, 4.69) is 222 Å². The Bertz CT molecular complexity index is 2890. The minimum absolute atomic E-state index is 0.0393. The van der Waals surface area contributed by atoms with Gasteiger partial charge in [-0.05, 0) is 186 Å². The lowest BCUT2D eigenvalue weighted by atomic mass is 10.1. The van der Waals surface area contributed by atoms with Gasteiger partial charge in [-0.15, -0.1) is 0 Å². The number of rotatable bonds is 78. The number of ether oxygens (including phenoxy) is 4. The molecule has 112 heavy (non-hydrogen) atoms. The molecular weight excluding hydrogens is 1450 g/mol. The summed E-state index contributed by atoms with van der Waals surface area (Å²) in [7, 11) is -10.0. The van der Waals surface area contributed by atoms with Crippen LogP contribution in [-0.4, -0.2) is 96.7 Å². The number of phosphoric ester groups is 2. The number of allylic oxidation sites excluding steroid dienone is 32. The number of aliphatic hydroxyl groups is 1. The van der Waals surface area contributed by atoms with Gasteiger partial charge in [0.25, 0.3) is 0 Å². The second kappa shape index (κ2) is 82.9. The predicted octanol–water partition coefficient (Wildman–Crippen LogP) is 25.7. The Labute approximate surface area is 678 Å². The Balaban J connectivity index is 5.51. The highest BCUT2D eigenvalue weighted by Crippen LogP contribution is 2.45. The van der Waals surface area contributed by atoms with E-state index >= 15 is 0 Å². The molecule has 0 fully saturated rings. The smallest absolute Gasteiger partial charge is 0.462 e. The topological polar surface area (TPSA) is 237 Å². The molecule has 0 aliphatic carbocycles. The number of unbranched alkanes of at least 4 members (excludes halogenated alkanes) is 20. The van der Waals surface area contributed by atoms with Crippen LogP contribution in [0.5, 0.6) is 0 Å². The summed E-state index contributed by atoms with van der Waals surface area (Å²) in [5, 5.41) is 10.7. The van der Waals surface area contributed by atoms with Gasteiger partial charge in [0.05, 0.1) is 26.4 Å². The summed E-state index contributed by atoms with van der Waals surface area (Å²) in [6.45, 7) is 4.41. The maximum Gasteiger partial charge on any atom is 0.472 e. The Morgan fingerprint density at radius 3 is 0.732 bits per heavy atom. The summed E-state index contributed by atoms with van der Waals surface area (Å²) >= 11 is 0. The molecule has 0 aromatic carbocycles. The molecule has 0 aromatic heterocycles. The van der Waals surface area contributed by atoms with E-state index in [4.69, 9.17) is 37.0 Å². The lowest BCUT2D eigenvalue weighted by Crippen LogP contribution is -2.30. The van der Waals surface area contributed by atoms with Crippen LogP contribution in [0.1, 0.15) is 310 Å². The molecule has 0 saturated heterocycles. The first kappa shape index (κ1) is 106. The molecule has 0 aliphatic heterocycles. The molecule has 0 rings (SSSR count). The van der Waals surface area contributed by atoms with Crippen molar-refractivity contribution in [2.24, 2.45) is 0 Å². The standard InChI is InChI=1S/C93H150O17P2/c1-5-9-13-17-21-25-29-33-37-40-43-46-50-53-57-61-65-69-73-77-90(95)103-83-88(109-92(97)79-75-71-67-63-59-55-49-36-32-28-24-20-16-12-8-4)85-107-111(99,100)105-81-87(94)82-106-112(101,102)108-86-89(110-93(98)80-76-72-68-64-60-56-52-48-45-42-39-35-31-27-23-19-15-11-7-3)84-104-91(96)78-74-70-66-62-58-54-51-47-44-41-38-34-30-26-22-18-14-10-6-2/h9-11,13-15,21-23,25-27,33-39,43-49,53-54,56-58,60,87-89,94H,5-8,12,16-20,24,28-32,40-42,50-52,55,59,61-86H2,1-4H3,(H,99,100)(H,101,102)/b13-9-,14-10-,15-11-,25-21-,26-22-,27-23-,37-33-,38-34-,39-35-,46-43-,47-44-,48-45-,49-36-,57-53-,58-54-,60-56-. The number of carbonyl (C=O) groups excluding carboxylic acids is 4. The van der Waals surface area contributed by atoms with Crippen LogP contribution in [0.25, 0.3) is 0 Å². The lowest BCUT2D eigenvalue weighted by Gasteiger charge is -2.21. The monoisotopic (exact) mass is 1600 g/mol. The number of phosphoric acid groups is 2. The fourth-order valence-corrected chi connectivity index (χ4v) is 12.2. The van der Waals surface area contributed by atoms with Crippen LogP contribution < -0.4 is 0 Å². The fraction of sp³-hybridized carbons (Fsp3) is 0.613. The SMILES string of the molecule is CC/C=C\C/C=C\C/C=C\C/C=C\C/C=C\CCCCCC(=O)OCC(COP(=O)(O)OCC(O)COP(=O)(O)OCC(COC(=O)CCCCC/C=C\C/C=C\C/C=C\C/C=C\C/C=C\CC)OC(=O)CCCCCCC/C=C\CCCCCCCC)OC(=O)CCCCC/C=C\C/C=C\C/C=C\C/C=C\C/C=C\CC. The van der Waals surface area contributed by atoms with Crippen LogP contribution in [0.2, 0.25) is 0 Å². The highest BCUT2D eigenvalue weighted by atomic mass is 31.2. The van der Waals surface area contributed by atoms with E-state index in [1.165, 1.54) is 38.5 Å². The molecule has 634 valence electrons. The molecule has 0 aliphatic rings. The summed E-state index contributed by atoms with van der Waals surface area (Å²) in [4.78, 5) is 73.3. The van der Waals surface area contributed by atoms with Crippen molar-refractivity contribution in [3.05, 3.63) is 194 Å². The summed E-state index contributed by atoms with van der Waals surface area (Å²) in [5.41, 5.74) is 0. The number of hydrogen-bond acceptors (Lipinski definition) is 15. The van der Waals surface area contributed by atoms with Gasteiger partial charge < -0.3 is 33.8 Å². The third kappa shape index (κ3) is 81.9. The minimum Gasteiger partial charge on any atom is -0.462 e. The van der Waals surface area contributed by atoms with E-state index in [9.17, 15) is 43.2 Å². The average molecular weight is 1600 g/mol. The van der Waals surface area contributed by atoms with Gasteiger partial charge in [0.15, 0.2) is 12.2 Å². The first-order chi connectivity index (χ1) is 54.7. The number of aliphatic hydroxyl groups excluding tert-OH is 1. The molecule has 19 heteroatoms. The van der Waals surface area contributed by atoms with Crippen LogP contribution in [0.3, 0.4) is 0 Å². The van der Waals surface area contributed by atoms with E-state index in [0.717, 1.165) is 193 Å². The Hall–Kier alpha value is -6.10. The summed E-state index contributed by atoms with van der Waals surface area (Å²) < 4.78 is 68.7. The Morgan fingerprint density at radius 2 is 0.464 bits per heavy atom. The molecule has 0 saturated carbocycles. The normalized spacial score (nSPS) is 14.7. The van der Waals surface area contributed by atoms with Gasteiger partial charge in [-0.3, -0.25) is 37.3 Å². The highest BCUT2D eigenvalue weighted by Gasteiger charge is 2.30. The fourth-order valence-electron chi connectivity index (χ4n) is 10.6. The van der Waals surface area contributed by atoms with Crippen molar-refractivity contribution in [3.8, 4) is 0 Å². The summed E-state index contributed by atoms with van der Waals surface area (Å²) in [6.07, 6.45) is 102. The molecule has 0 spiro atoms. The predicted molar refractivity (Wildman–Crippen MR) is 463 cm³/mol. The summed E-state index contributed by atoms with van der Waals surface area (Å²) in [6, 6.07) is 0.